The number of amides is 1. The lowest BCUT2D eigenvalue weighted by Gasteiger charge is -2.11. The van der Waals surface area contributed by atoms with Crippen molar-refractivity contribution in [2.75, 3.05) is 6.54 Å². The van der Waals surface area contributed by atoms with Crippen LogP contribution in [0.15, 0.2) is 41.8 Å². The molecule has 0 aliphatic rings. The second-order valence-electron chi connectivity index (χ2n) is 5.74. The molecule has 0 spiro atoms. The molecule has 0 aliphatic carbocycles. The van der Waals surface area contributed by atoms with Crippen LogP contribution < -0.4 is 5.32 Å². The van der Waals surface area contributed by atoms with Gasteiger partial charge in [0.1, 0.15) is 17.6 Å². The number of carbonyl (C=O) groups excluding carboxylic acids is 1. The molecule has 0 aliphatic heterocycles. The average molecular weight is 359 g/mol. The molecule has 3 rings (SSSR count). The van der Waals surface area contributed by atoms with E-state index in [2.05, 4.69) is 10.4 Å². The van der Waals surface area contributed by atoms with E-state index in [0.717, 1.165) is 16.0 Å². The fourth-order valence-electron chi connectivity index (χ4n) is 2.54. The summed E-state index contributed by atoms with van der Waals surface area (Å²) in [6.07, 6.45) is -0.742. The van der Waals surface area contributed by atoms with Crippen LogP contribution in [0.5, 0.6) is 0 Å². The maximum atomic E-state index is 13.0. The van der Waals surface area contributed by atoms with Crippen LogP contribution in [0.1, 0.15) is 27.0 Å². The Morgan fingerprint density at radius 1 is 1.36 bits per heavy atom. The molecule has 1 atom stereocenters. The molecule has 2 N–H and O–H groups in total. The predicted molar refractivity (Wildman–Crippen MR) is 95.0 cm³/mol. The summed E-state index contributed by atoms with van der Waals surface area (Å²) in [5, 5.41) is 19.1. The highest BCUT2D eigenvalue weighted by atomic mass is 32.1. The zero-order valence-corrected chi connectivity index (χ0v) is 14.7. The van der Waals surface area contributed by atoms with Gasteiger partial charge in [0.05, 0.1) is 5.69 Å². The zero-order chi connectivity index (χ0) is 18.0. The lowest BCUT2D eigenvalue weighted by Crippen LogP contribution is -2.29. The number of aryl methyl sites for hydroxylation is 2. The average Bonchev–Trinajstić information content (AvgIpc) is 3.19. The third-order valence-electron chi connectivity index (χ3n) is 3.91. The Bertz CT molecular complexity index is 886. The first-order valence-corrected chi connectivity index (χ1v) is 8.64. The van der Waals surface area contributed by atoms with Gasteiger partial charge in [-0.3, -0.25) is 9.48 Å². The number of hydrogen-bond donors (Lipinski definition) is 2. The number of benzene rings is 1. The zero-order valence-electron chi connectivity index (χ0n) is 13.9. The van der Waals surface area contributed by atoms with Gasteiger partial charge in [-0.2, -0.15) is 5.10 Å². The molecular formula is C18H18FN3O2S. The first-order valence-electron chi connectivity index (χ1n) is 7.76. The van der Waals surface area contributed by atoms with Crippen molar-refractivity contribution >= 4 is 17.2 Å². The van der Waals surface area contributed by atoms with Gasteiger partial charge in [-0.25, -0.2) is 4.39 Å². The highest BCUT2D eigenvalue weighted by molar-refractivity contribution is 7.10. The minimum atomic E-state index is -0.742. The minimum Gasteiger partial charge on any atom is -0.386 e. The number of rotatable bonds is 5. The number of halogens is 1. The highest BCUT2D eigenvalue weighted by Gasteiger charge is 2.17. The van der Waals surface area contributed by atoms with Crippen molar-refractivity contribution in [1.82, 2.24) is 15.1 Å². The molecule has 0 unspecified atom stereocenters. The molecule has 5 nitrogen and oxygen atoms in total. The highest BCUT2D eigenvalue weighted by Crippen LogP contribution is 2.23. The molecule has 0 saturated heterocycles. The predicted octanol–water partition coefficient (Wildman–Crippen LogP) is 3.06. The molecule has 0 radical (unpaired) electrons. The van der Waals surface area contributed by atoms with Gasteiger partial charge >= 0.3 is 0 Å². The molecular weight excluding hydrogens is 341 g/mol. The lowest BCUT2D eigenvalue weighted by atomic mass is 10.1. The minimum absolute atomic E-state index is 0.122. The van der Waals surface area contributed by atoms with Gasteiger partial charge in [-0.15, -0.1) is 11.3 Å². The van der Waals surface area contributed by atoms with E-state index in [9.17, 15) is 14.3 Å². The second-order valence-corrected chi connectivity index (χ2v) is 6.69. The van der Waals surface area contributed by atoms with Gasteiger partial charge in [0.2, 0.25) is 0 Å². The van der Waals surface area contributed by atoms with E-state index in [4.69, 9.17) is 0 Å². The topological polar surface area (TPSA) is 67.2 Å². The summed E-state index contributed by atoms with van der Waals surface area (Å²) in [6, 6.07) is 9.50. The van der Waals surface area contributed by atoms with Crippen molar-refractivity contribution in [1.29, 1.82) is 0 Å². The molecule has 7 heteroatoms. The molecule has 1 amide bonds. The van der Waals surface area contributed by atoms with E-state index in [1.807, 2.05) is 18.4 Å². The SMILES string of the molecule is Cc1ccsc1[C@H](O)CNC(=O)c1cc(-c2ccc(F)cc2)nn1C. The van der Waals surface area contributed by atoms with Crippen LogP contribution in [0.3, 0.4) is 0 Å². The summed E-state index contributed by atoms with van der Waals surface area (Å²) < 4.78 is 14.5. The van der Waals surface area contributed by atoms with Crippen molar-refractivity contribution in [3.63, 3.8) is 0 Å². The molecule has 3 aromatic rings. The number of carbonyl (C=O) groups is 1. The van der Waals surface area contributed by atoms with Crippen molar-refractivity contribution in [3.05, 3.63) is 63.7 Å². The van der Waals surface area contributed by atoms with E-state index >= 15 is 0 Å². The largest absolute Gasteiger partial charge is 0.386 e. The number of nitrogens with zero attached hydrogens (tertiary/aromatic N) is 2. The number of aliphatic hydroxyl groups excluding tert-OH is 1. The number of hydrogen-bond acceptors (Lipinski definition) is 4. The Kier molecular flexibility index (Phi) is 4.96. The van der Waals surface area contributed by atoms with Crippen molar-refractivity contribution < 1.29 is 14.3 Å². The van der Waals surface area contributed by atoms with Gasteiger partial charge in [0, 0.05) is 24.0 Å². The fraction of sp³-hybridized carbons (Fsp3) is 0.222. The van der Waals surface area contributed by atoms with Crippen molar-refractivity contribution in [2.45, 2.75) is 13.0 Å². The normalized spacial score (nSPS) is 12.2. The summed E-state index contributed by atoms with van der Waals surface area (Å²) in [5.41, 5.74) is 2.69. The molecule has 0 fully saturated rings. The van der Waals surface area contributed by atoms with Crippen LogP contribution >= 0.6 is 11.3 Å². The number of aliphatic hydroxyl groups is 1. The number of thiophene rings is 1. The van der Waals surface area contributed by atoms with E-state index in [-0.39, 0.29) is 18.3 Å². The second kappa shape index (κ2) is 7.16. The molecule has 2 aromatic heterocycles. The maximum absolute atomic E-state index is 13.0. The molecule has 0 saturated carbocycles. The molecule has 25 heavy (non-hydrogen) atoms. The molecule has 2 heterocycles. The monoisotopic (exact) mass is 359 g/mol. The third-order valence-corrected chi connectivity index (χ3v) is 5.03. The smallest absolute Gasteiger partial charge is 0.269 e. The number of aromatic nitrogens is 2. The molecule has 1 aromatic carbocycles. The van der Waals surface area contributed by atoms with Crippen LogP contribution in [-0.2, 0) is 7.05 Å². The summed E-state index contributed by atoms with van der Waals surface area (Å²) in [5.74, 6) is -0.646. The number of nitrogens with one attached hydrogen (secondary N) is 1. The Morgan fingerprint density at radius 3 is 2.72 bits per heavy atom. The van der Waals surface area contributed by atoms with E-state index in [0.29, 0.717) is 11.4 Å². The standard InChI is InChI=1S/C18H18FN3O2S/c1-11-7-8-25-17(11)16(23)10-20-18(24)15-9-14(21-22(15)2)12-3-5-13(19)6-4-12/h3-9,16,23H,10H2,1-2H3,(H,20,24)/t16-/m1/s1. The van der Waals surface area contributed by atoms with E-state index in [1.54, 1.807) is 25.2 Å². The van der Waals surface area contributed by atoms with Gasteiger partial charge in [0.15, 0.2) is 0 Å². The van der Waals surface area contributed by atoms with Crippen molar-refractivity contribution in [2.24, 2.45) is 7.05 Å². The molecule has 0 bridgehead atoms. The summed E-state index contributed by atoms with van der Waals surface area (Å²) >= 11 is 1.46. The van der Waals surface area contributed by atoms with Gasteiger partial charge in [-0.05, 0) is 54.3 Å². The quantitative estimate of drug-likeness (QED) is 0.736. The van der Waals surface area contributed by atoms with Crippen LogP contribution in [0.25, 0.3) is 11.3 Å². The van der Waals surface area contributed by atoms with E-state index < -0.39 is 6.10 Å². The maximum Gasteiger partial charge on any atom is 0.269 e. The van der Waals surface area contributed by atoms with E-state index in [1.165, 1.54) is 28.2 Å². The first kappa shape index (κ1) is 17.3. The summed E-state index contributed by atoms with van der Waals surface area (Å²) in [6.45, 7) is 2.05. The van der Waals surface area contributed by atoms with Crippen molar-refractivity contribution in [3.8, 4) is 11.3 Å². The Morgan fingerprint density at radius 2 is 2.08 bits per heavy atom. The first-order chi connectivity index (χ1) is 12.0. The van der Waals surface area contributed by atoms with Crippen LogP contribution in [0, 0.1) is 12.7 Å². The molecule has 130 valence electrons. The Balaban J connectivity index is 1.70. The van der Waals surface area contributed by atoms with Crippen LogP contribution in [0.2, 0.25) is 0 Å². The third kappa shape index (κ3) is 3.78. The Hall–Kier alpha value is -2.51. The summed E-state index contributed by atoms with van der Waals surface area (Å²) in [7, 11) is 1.67. The fourth-order valence-corrected chi connectivity index (χ4v) is 3.45. The van der Waals surface area contributed by atoms with Gasteiger partial charge in [-0.1, -0.05) is 0 Å². The van der Waals surface area contributed by atoms with Gasteiger partial charge in [0.25, 0.3) is 5.91 Å². The van der Waals surface area contributed by atoms with Crippen LogP contribution in [-0.4, -0.2) is 27.3 Å². The van der Waals surface area contributed by atoms with Crippen LogP contribution in [0.4, 0.5) is 4.39 Å². The lowest BCUT2D eigenvalue weighted by molar-refractivity contribution is 0.0908. The Labute approximate surface area is 148 Å². The van der Waals surface area contributed by atoms with Gasteiger partial charge < -0.3 is 10.4 Å². The summed E-state index contributed by atoms with van der Waals surface area (Å²) in [4.78, 5) is 13.2.